The summed E-state index contributed by atoms with van der Waals surface area (Å²) in [5.41, 5.74) is 1.19. The summed E-state index contributed by atoms with van der Waals surface area (Å²) in [6.45, 7) is 2.07. The number of rotatable bonds is 5. The number of benzene rings is 1. The summed E-state index contributed by atoms with van der Waals surface area (Å²) in [6, 6.07) is 10.1. The Morgan fingerprint density at radius 1 is 1.25 bits per heavy atom. The smallest absolute Gasteiger partial charge is 0.146 e. The molecule has 1 heterocycles. The fourth-order valence-electron chi connectivity index (χ4n) is 1.39. The number of hydrogen-bond acceptors (Lipinski definition) is 2. The maximum absolute atomic E-state index is 5.70. The van der Waals surface area contributed by atoms with Gasteiger partial charge >= 0.3 is 0 Å². The Hall–Kier alpha value is -1.32. The molecule has 1 aromatic carbocycles. The third-order valence-electron chi connectivity index (χ3n) is 2.21. The molecule has 0 aliphatic rings. The summed E-state index contributed by atoms with van der Waals surface area (Å²) >= 11 is 5.70. The van der Waals surface area contributed by atoms with E-state index in [-0.39, 0.29) is 0 Å². The molecule has 0 aliphatic heterocycles. The normalized spacial score (nSPS) is 10.6. The van der Waals surface area contributed by atoms with Crippen molar-refractivity contribution in [2.75, 3.05) is 6.61 Å². The lowest BCUT2D eigenvalue weighted by Gasteiger charge is -2.04. The van der Waals surface area contributed by atoms with Gasteiger partial charge in [0.2, 0.25) is 0 Å². The zero-order valence-corrected chi connectivity index (χ0v) is 9.60. The molecular formula is C12H13ClN2O. The summed E-state index contributed by atoms with van der Waals surface area (Å²) in [6.07, 6.45) is 3.49. The van der Waals surface area contributed by atoms with Crippen LogP contribution in [-0.4, -0.2) is 16.2 Å². The van der Waals surface area contributed by atoms with Crippen LogP contribution in [-0.2, 0) is 17.9 Å². The second-order valence-electron chi connectivity index (χ2n) is 3.47. The Morgan fingerprint density at radius 3 is 2.75 bits per heavy atom. The van der Waals surface area contributed by atoms with Crippen LogP contribution in [0.2, 0.25) is 5.15 Å². The largest absolute Gasteiger partial charge is 0.375 e. The van der Waals surface area contributed by atoms with Gasteiger partial charge in [0.05, 0.1) is 19.5 Å². The molecule has 0 aliphatic carbocycles. The summed E-state index contributed by atoms with van der Waals surface area (Å²) in [5, 5.41) is 0.517. The van der Waals surface area contributed by atoms with Crippen molar-refractivity contribution in [3.8, 4) is 0 Å². The van der Waals surface area contributed by atoms with Gasteiger partial charge in [0.25, 0.3) is 0 Å². The molecule has 0 amide bonds. The van der Waals surface area contributed by atoms with Crippen LogP contribution in [0.5, 0.6) is 0 Å². The molecular weight excluding hydrogens is 224 g/mol. The minimum Gasteiger partial charge on any atom is -0.375 e. The zero-order valence-electron chi connectivity index (χ0n) is 8.84. The van der Waals surface area contributed by atoms with Crippen molar-refractivity contribution >= 4 is 11.6 Å². The van der Waals surface area contributed by atoms with Crippen LogP contribution < -0.4 is 0 Å². The van der Waals surface area contributed by atoms with Crippen molar-refractivity contribution in [3.05, 3.63) is 53.6 Å². The Kier molecular flexibility index (Phi) is 3.97. The van der Waals surface area contributed by atoms with E-state index < -0.39 is 0 Å². The molecule has 2 aromatic rings. The molecule has 0 spiro atoms. The molecule has 1 aromatic heterocycles. The highest BCUT2D eigenvalue weighted by atomic mass is 35.5. The van der Waals surface area contributed by atoms with Gasteiger partial charge in [0.15, 0.2) is 0 Å². The summed E-state index contributed by atoms with van der Waals surface area (Å²) in [5.74, 6) is 0. The van der Waals surface area contributed by atoms with E-state index in [4.69, 9.17) is 16.3 Å². The zero-order chi connectivity index (χ0) is 11.2. The van der Waals surface area contributed by atoms with Gasteiger partial charge < -0.3 is 9.30 Å². The molecule has 0 radical (unpaired) electrons. The SMILES string of the molecule is Clc1cn(CCOCc2ccccc2)cn1. The van der Waals surface area contributed by atoms with Gasteiger partial charge in [0, 0.05) is 12.7 Å². The highest BCUT2D eigenvalue weighted by Crippen LogP contribution is 2.03. The lowest BCUT2D eigenvalue weighted by Crippen LogP contribution is -2.04. The molecule has 3 nitrogen and oxygen atoms in total. The standard InChI is InChI=1S/C12H13ClN2O/c13-12-8-15(10-14-12)6-7-16-9-11-4-2-1-3-5-11/h1-5,8,10H,6-7,9H2. The second kappa shape index (κ2) is 5.68. The van der Waals surface area contributed by atoms with Gasteiger partial charge in [-0.3, -0.25) is 0 Å². The maximum atomic E-state index is 5.70. The first-order chi connectivity index (χ1) is 7.84. The number of ether oxygens (including phenoxy) is 1. The third kappa shape index (κ3) is 3.36. The molecule has 0 atom stereocenters. The van der Waals surface area contributed by atoms with Crippen LogP contribution in [0.4, 0.5) is 0 Å². The molecule has 16 heavy (non-hydrogen) atoms. The molecule has 0 bridgehead atoms. The molecule has 0 saturated heterocycles. The Morgan fingerprint density at radius 2 is 2.06 bits per heavy atom. The van der Waals surface area contributed by atoms with Crippen LogP contribution in [0.1, 0.15) is 5.56 Å². The van der Waals surface area contributed by atoms with Crippen molar-refractivity contribution in [1.82, 2.24) is 9.55 Å². The summed E-state index contributed by atoms with van der Waals surface area (Å²) in [7, 11) is 0. The third-order valence-corrected chi connectivity index (χ3v) is 2.40. The average molecular weight is 237 g/mol. The van der Waals surface area contributed by atoms with Crippen LogP contribution in [0.15, 0.2) is 42.9 Å². The predicted octanol–water partition coefficient (Wildman–Crippen LogP) is 2.75. The molecule has 0 unspecified atom stereocenters. The fraction of sp³-hybridized carbons (Fsp3) is 0.250. The van der Waals surface area contributed by atoms with Gasteiger partial charge in [-0.1, -0.05) is 41.9 Å². The van der Waals surface area contributed by atoms with E-state index in [9.17, 15) is 0 Å². The van der Waals surface area contributed by atoms with E-state index in [2.05, 4.69) is 4.98 Å². The van der Waals surface area contributed by atoms with E-state index >= 15 is 0 Å². The highest BCUT2D eigenvalue weighted by Gasteiger charge is 1.95. The highest BCUT2D eigenvalue weighted by molar-refractivity contribution is 6.29. The van der Waals surface area contributed by atoms with Crippen LogP contribution in [0.3, 0.4) is 0 Å². The molecule has 4 heteroatoms. The van der Waals surface area contributed by atoms with E-state index in [0.717, 1.165) is 6.54 Å². The first-order valence-electron chi connectivity index (χ1n) is 5.13. The van der Waals surface area contributed by atoms with Gasteiger partial charge in [0.1, 0.15) is 5.15 Å². The first-order valence-corrected chi connectivity index (χ1v) is 5.51. The molecule has 84 valence electrons. The fourth-order valence-corrected chi connectivity index (χ4v) is 1.56. The number of halogens is 1. The van der Waals surface area contributed by atoms with Crippen molar-refractivity contribution in [2.45, 2.75) is 13.2 Å². The number of imidazole rings is 1. The van der Waals surface area contributed by atoms with Gasteiger partial charge in [-0.05, 0) is 5.56 Å². The summed E-state index contributed by atoms with van der Waals surface area (Å²) in [4.78, 5) is 3.93. The second-order valence-corrected chi connectivity index (χ2v) is 3.86. The average Bonchev–Trinajstić information content (AvgIpc) is 2.72. The van der Waals surface area contributed by atoms with Crippen LogP contribution >= 0.6 is 11.6 Å². The minimum atomic E-state index is 0.517. The number of hydrogen-bond donors (Lipinski definition) is 0. The van der Waals surface area contributed by atoms with Crippen LogP contribution in [0, 0.1) is 0 Å². The quantitative estimate of drug-likeness (QED) is 0.747. The van der Waals surface area contributed by atoms with Crippen LogP contribution in [0.25, 0.3) is 0 Å². The van der Waals surface area contributed by atoms with E-state index in [1.165, 1.54) is 5.56 Å². The molecule has 0 saturated carbocycles. The topological polar surface area (TPSA) is 27.1 Å². The van der Waals surface area contributed by atoms with Crippen molar-refractivity contribution in [3.63, 3.8) is 0 Å². The molecule has 2 rings (SSSR count). The van der Waals surface area contributed by atoms with Crippen molar-refractivity contribution in [1.29, 1.82) is 0 Å². The minimum absolute atomic E-state index is 0.517. The maximum Gasteiger partial charge on any atom is 0.146 e. The number of nitrogens with zero attached hydrogens (tertiary/aromatic N) is 2. The van der Waals surface area contributed by atoms with Gasteiger partial charge in [-0.15, -0.1) is 0 Å². The monoisotopic (exact) mass is 236 g/mol. The van der Waals surface area contributed by atoms with E-state index in [1.54, 1.807) is 12.5 Å². The Bertz CT molecular complexity index is 428. The van der Waals surface area contributed by atoms with E-state index in [1.807, 2.05) is 34.9 Å². The van der Waals surface area contributed by atoms with Gasteiger partial charge in [-0.25, -0.2) is 4.98 Å². The predicted molar refractivity (Wildman–Crippen MR) is 63.3 cm³/mol. The first kappa shape index (κ1) is 11.2. The van der Waals surface area contributed by atoms with Crippen molar-refractivity contribution < 1.29 is 4.74 Å². The number of aromatic nitrogens is 2. The summed E-state index contributed by atoms with van der Waals surface area (Å²) < 4.78 is 7.45. The lowest BCUT2D eigenvalue weighted by atomic mass is 10.2. The van der Waals surface area contributed by atoms with Crippen molar-refractivity contribution in [2.24, 2.45) is 0 Å². The lowest BCUT2D eigenvalue weighted by molar-refractivity contribution is 0.113. The Labute approximate surface area is 99.6 Å². The molecule has 0 N–H and O–H groups in total. The Balaban J connectivity index is 1.69. The van der Waals surface area contributed by atoms with E-state index in [0.29, 0.717) is 18.4 Å². The van der Waals surface area contributed by atoms with Gasteiger partial charge in [-0.2, -0.15) is 0 Å². The molecule has 0 fully saturated rings.